The number of methoxy groups -OCH3 is 1. The molecular formula is C21H23N4O5P. The zero-order chi connectivity index (χ0) is 22.4. The number of H-pyrrole nitrogens is 1. The molecule has 0 saturated carbocycles. The van der Waals surface area contributed by atoms with Gasteiger partial charge in [0.05, 0.1) is 13.7 Å². The molecule has 0 fully saturated rings. The summed E-state index contributed by atoms with van der Waals surface area (Å²) >= 11 is 0. The summed E-state index contributed by atoms with van der Waals surface area (Å²) in [7, 11) is -0.388. The number of hydrogen-bond acceptors (Lipinski definition) is 6. The lowest BCUT2D eigenvalue weighted by atomic mass is 10.2. The Labute approximate surface area is 179 Å². The summed E-state index contributed by atoms with van der Waals surface area (Å²) < 4.78 is 7.59. The Morgan fingerprint density at radius 3 is 2.77 bits per heavy atom. The summed E-state index contributed by atoms with van der Waals surface area (Å²) in [6.07, 6.45) is 10.1. The molecule has 0 aliphatic carbocycles. The first-order valence-electron chi connectivity index (χ1n) is 9.59. The van der Waals surface area contributed by atoms with Crippen LogP contribution in [0.4, 0.5) is 0 Å². The van der Waals surface area contributed by atoms with E-state index in [0.717, 1.165) is 10.1 Å². The van der Waals surface area contributed by atoms with E-state index in [0.29, 0.717) is 24.4 Å². The number of unbranched alkanes of at least 4 members (excludes halogenated alkanes) is 1. The normalized spacial score (nSPS) is 11.5. The molecule has 0 unspecified atom stereocenters. The molecule has 162 valence electrons. The first-order chi connectivity index (χ1) is 14.9. The summed E-state index contributed by atoms with van der Waals surface area (Å²) in [6.45, 7) is 0.118. The number of terminal acetylenes is 1. The van der Waals surface area contributed by atoms with E-state index in [1.807, 2.05) is 30.3 Å². The number of aromatic nitrogens is 4. The number of imidazole rings is 1. The number of hydrogen-bond donors (Lipinski definition) is 3. The van der Waals surface area contributed by atoms with Gasteiger partial charge in [0.2, 0.25) is 0 Å². The lowest BCUT2D eigenvalue weighted by Gasteiger charge is -2.09. The summed E-state index contributed by atoms with van der Waals surface area (Å²) in [5.74, 6) is 3.46. The Kier molecular flexibility index (Phi) is 7.42. The summed E-state index contributed by atoms with van der Waals surface area (Å²) in [6, 6.07) is 7.45. The highest BCUT2D eigenvalue weighted by molar-refractivity contribution is 7.45. The average Bonchev–Trinajstić information content (AvgIpc) is 3.19. The smallest absolute Gasteiger partial charge is 0.333 e. The van der Waals surface area contributed by atoms with Gasteiger partial charge in [-0.05, 0) is 36.6 Å². The molecule has 3 aromatic rings. The highest BCUT2D eigenvalue weighted by Gasteiger charge is 2.16. The molecule has 3 N–H and O–H groups in total. The quantitative estimate of drug-likeness (QED) is 0.264. The molecule has 0 aliphatic rings. The van der Waals surface area contributed by atoms with Crippen LogP contribution in [0.25, 0.3) is 23.3 Å². The van der Waals surface area contributed by atoms with Gasteiger partial charge in [0.1, 0.15) is 17.1 Å². The van der Waals surface area contributed by atoms with Crippen molar-refractivity contribution in [3.63, 3.8) is 0 Å². The van der Waals surface area contributed by atoms with Gasteiger partial charge in [0.25, 0.3) is 5.56 Å². The first kappa shape index (κ1) is 22.5. The Morgan fingerprint density at radius 2 is 2.06 bits per heavy atom. The maximum absolute atomic E-state index is 12.8. The van der Waals surface area contributed by atoms with E-state index < -0.39 is 19.6 Å². The molecule has 9 nitrogen and oxygen atoms in total. The Morgan fingerprint density at radius 1 is 1.26 bits per heavy atom. The van der Waals surface area contributed by atoms with Gasteiger partial charge in [-0.1, -0.05) is 24.1 Å². The third-order valence-electron chi connectivity index (χ3n) is 4.65. The van der Waals surface area contributed by atoms with Crippen molar-refractivity contribution in [3.05, 3.63) is 56.5 Å². The van der Waals surface area contributed by atoms with Crippen LogP contribution in [-0.4, -0.2) is 42.2 Å². The number of nitrogens with zero attached hydrogens (tertiary/aromatic N) is 3. The second-order valence-electron chi connectivity index (χ2n) is 6.76. The van der Waals surface area contributed by atoms with E-state index in [1.54, 1.807) is 13.2 Å². The zero-order valence-electron chi connectivity index (χ0n) is 17.0. The molecular weight excluding hydrogens is 419 g/mol. The maximum atomic E-state index is 12.8. The lowest BCUT2D eigenvalue weighted by Crippen LogP contribution is -2.40. The fraction of sp³-hybridized carbons (Fsp3) is 0.286. The van der Waals surface area contributed by atoms with Crippen LogP contribution in [0.5, 0.6) is 5.75 Å². The number of aromatic amines is 1. The van der Waals surface area contributed by atoms with Crippen molar-refractivity contribution in [2.75, 3.05) is 13.3 Å². The van der Waals surface area contributed by atoms with Crippen LogP contribution < -0.4 is 16.0 Å². The molecule has 2 aromatic heterocycles. The van der Waals surface area contributed by atoms with Gasteiger partial charge in [-0.2, -0.15) is 0 Å². The van der Waals surface area contributed by atoms with Crippen molar-refractivity contribution in [2.45, 2.75) is 25.9 Å². The third-order valence-corrected chi connectivity index (χ3v) is 5.36. The highest BCUT2D eigenvalue weighted by Crippen LogP contribution is 2.24. The molecule has 0 spiro atoms. The van der Waals surface area contributed by atoms with Crippen LogP contribution in [0.2, 0.25) is 0 Å². The van der Waals surface area contributed by atoms with Gasteiger partial charge >= 0.3 is 5.69 Å². The van der Waals surface area contributed by atoms with E-state index in [9.17, 15) is 9.59 Å². The van der Waals surface area contributed by atoms with Crippen LogP contribution in [0.3, 0.4) is 0 Å². The second-order valence-corrected chi connectivity index (χ2v) is 7.96. The minimum absolute atomic E-state index is 0.153. The SMILES string of the molecule is C#CCn1c(=O)c2[nH]c(/C=C/c3cccc(OC)c3)nc2n(CCCCP(O)O)c1=O. The summed E-state index contributed by atoms with van der Waals surface area (Å²) in [5.41, 5.74) is 0.236. The van der Waals surface area contributed by atoms with Gasteiger partial charge in [-0.25, -0.2) is 14.3 Å². The summed E-state index contributed by atoms with van der Waals surface area (Å²) in [5, 5.41) is 0. The van der Waals surface area contributed by atoms with Crippen LogP contribution in [0.15, 0.2) is 33.9 Å². The van der Waals surface area contributed by atoms with Gasteiger partial charge in [-0.15, -0.1) is 6.42 Å². The zero-order valence-corrected chi connectivity index (χ0v) is 17.9. The van der Waals surface area contributed by atoms with E-state index >= 15 is 0 Å². The van der Waals surface area contributed by atoms with Crippen molar-refractivity contribution in [2.24, 2.45) is 0 Å². The van der Waals surface area contributed by atoms with Crippen LogP contribution >= 0.6 is 8.38 Å². The van der Waals surface area contributed by atoms with E-state index in [1.165, 1.54) is 4.57 Å². The minimum atomic E-state index is -1.98. The first-order valence-corrected chi connectivity index (χ1v) is 11.0. The molecule has 31 heavy (non-hydrogen) atoms. The lowest BCUT2D eigenvalue weighted by molar-refractivity contribution is 0.414. The third kappa shape index (κ3) is 5.30. The van der Waals surface area contributed by atoms with Crippen molar-refractivity contribution in [1.82, 2.24) is 19.1 Å². The fourth-order valence-electron chi connectivity index (χ4n) is 3.14. The van der Waals surface area contributed by atoms with E-state index in [4.69, 9.17) is 20.9 Å². The van der Waals surface area contributed by atoms with Crippen LogP contribution in [0, 0.1) is 12.3 Å². The Balaban J connectivity index is 2.00. The van der Waals surface area contributed by atoms with Gasteiger partial charge in [0, 0.05) is 12.7 Å². The van der Waals surface area contributed by atoms with Gasteiger partial charge in [-0.3, -0.25) is 9.36 Å². The van der Waals surface area contributed by atoms with Gasteiger partial charge in [0.15, 0.2) is 14.0 Å². The van der Waals surface area contributed by atoms with Crippen molar-refractivity contribution < 1.29 is 14.5 Å². The number of fused-ring (bicyclic) bond motifs is 1. The number of nitrogens with one attached hydrogen (secondary N) is 1. The molecule has 0 bridgehead atoms. The van der Waals surface area contributed by atoms with Crippen LogP contribution in [0.1, 0.15) is 24.2 Å². The maximum Gasteiger partial charge on any atom is 0.333 e. The van der Waals surface area contributed by atoms with Crippen molar-refractivity contribution in [3.8, 4) is 18.1 Å². The number of rotatable bonds is 9. The Bertz CT molecular complexity index is 1250. The molecule has 0 aliphatic heterocycles. The molecule has 0 amide bonds. The molecule has 2 heterocycles. The van der Waals surface area contributed by atoms with Gasteiger partial charge < -0.3 is 19.5 Å². The fourth-order valence-corrected chi connectivity index (χ4v) is 3.65. The topological polar surface area (TPSA) is 122 Å². The molecule has 0 radical (unpaired) electrons. The van der Waals surface area contributed by atoms with E-state index in [-0.39, 0.29) is 30.4 Å². The van der Waals surface area contributed by atoms with Crippen molar-refractivity contribution in [1.29, 1.82) is 0 Å². The predicted octanol–water partition coefficient (Wildman–Crippen LogP) is 1.78. The molecule has 10 heteroatoms. The van der Waals surface area contributed by atoms with E-state index in [2.05, 4.69) is 15.9 Å². The molecule has 3 rings (SSSR count). The number of aryl methyl sites for hydroxylation is 1. The number of ether oxygens (including phenoxy) is 1. The molecule has 1 aromatic carbocycles. The number of benzene rings is 1. The predicted molar refractivity (Wildman–Crippen MR) is 121 cm³/mol. The molecule has 0 saturated heterocycles. The molecule has 0 atom stereocenters. The Hall–Kier alpha value is -3.18. The minimum Gasteiger partial charge on any atom is -0.497 e. The summed E-state index contributed by atoms with van der Waals surface area (Å²) in [4.78, 5) is 51.1. The van der Waals surface area contributed by atoms with Crippen LogP contribution in [-0.2, 0) is 13.1 Å². The average molecular weight is 442 g/mol. The van der Waals surface area contributed by atoms with Crippen molar-refractivity contribution >= 4 is 31.7 Å². The highest BCUT2D eigenvalue weighted by atomic mass is 31.2. The monoisotopic (exact) mass is 442 g/mol. The largest absolute Gasteiger partial charge is 0.497 e. The standard InChI is InChI=1S/C21H23N4O5P/c1-3-11-25-20(26)18-19(24(21(25)27)12-4-5-13-31(28)29)23-17(22-18)10-9-15-7-6-8-16(14-15)30-2/h1,6-10,14,28-29H,4-5,11-13H2,2H3,(H,22,23)/b10-9+. The second kappa shape index (κ2) is 10.2.